The Morgan fingerprint density at radius 2 is 1.68 bits per heavy atom. The van der Waals surface area contributed by atoms with Gasteiger partial charge in [0, 0.05) is 16.5 Å². The van der Waals surface area contributed by atoms with Crippen molar-refractivity contribution in [2.45, 2.75) is 25.1 Å². The molecule has 0 bridgehead atoms. The van der Waals surface area contributed by atoms with E-state index in [-0.39, 0.29) is 27.7 Å². The standard InChI is InChI=1S/C18H12Cl2F4N2O2/c1-17(8-9-2-3-14(21)13(4-9)18(22,23)24)15(27)26(16(28)25-17)12-6-10(19)5-11(20)7-12/h2-7H,8H2,1H3,(H,25,28). The third-order valence-corrected chi connectivity index (χ3v) is 4.70. The highest BCUT2D eigenvalue weighted by Gasteiger charge is 2.48. The number of amides is 3. The van der Waals surface area contributed by atoms with Gasteiger partial charge in [-0.15, -0.1) is 0 Å². The van der Waals surface area contributed by atoms with Crippen LogP contribution in [0.4, 0.5) is 28.0 Å². The Hall–Kier alpha value is -2.32. The van der Waals surface area contributed by atoms with Crippen molar-refractivity contribution in [3.63, 3.8) is 0 Å². The van der Waals surface area contributed by atoms with Gasteiger partial charge < -0.3 is 5.32 Å². The maximum atomic E-state index is 13.5. The monoisotopic (exact) mass is 434 g/mol. The molecule has 1 atom stereocenters. The van der Waals surface area contributed by atoms with Gasteiger partial charge in [0.25, 0.3) is 5.91 Å². The first-order valence-corrected chi connectivity index (χ1v) is 8.65. The Morgan fingerprint density at radius 3 is 2.25 bits per heavy atom. The van der Waals surface area contributed by atoms with E-state index in [1.165, 1.54) is 25.1 Å². The maximum absolute atomic E-state index is 13.5. The number of rotatable bonds is 3. The number of anilines is 1. The molecule has 1 aliphatic rings. The number of hydrogen-bond acceptors (Lipinski definition) is 2. The summed E-state index contributed by atoms with van der Waals surface area (Å²) in [5, 5.41) is 2.86. The van der Waals surface area contributed by atoms with Crippen molar-refractivity contribution < 1.29 is 27.2 Å². The second kappa shape index (κ2) is 6.93. The first-order valence-electron chi connectivity index (χ1n) is 7.89. The fraction of sp³-hybridized carbons (Fsp3) is 0.222. The van der Waals surface area contributed by atoms with Crippen molar-refractivity contribution in [1.82, 2.24) is 5.32 Å². The molecule has 148 valence electrons. The number of nitrogens with one attached hydrogen (secondary N) is 1. The number of carbonyl (C=O) groups is 2. The molecule has 0 radical (unpaired) electrons. The van der Waals surface area contributed by atoms with Gasteiger partial charge in [-0.2, -0.15) is 13.2 Å². The molecule has 1 fully saturated rings. The zero-order valence-corrected chi connectivity index (χ0v) is 15.7. The number of benzene rings is 2. The van der Waals surface area contributed by atoms with Gasteiger partial charge in [0.2, 0.25) is 0 Å². The van der Waals surface area contributed by atoms with Crippen LogP contribution in [0.3, 0.4) is 0 Å². The molecule has 3 amide bonds. The summed E-state index contributed by atoms with van der Waals surface area (Å²) >= 11 is 11.8. The summed E-state index contributed by atoms with van der Waals surface area (Å²) in [6.07, 6.45) is -5.15. The lowest BCUT2D eigenvalue weighted by Gasteiger charge is -2.22. The zero-order valence-electron chi connectivity index (χ0n) is 14.2. The zero-order chi connectivity index (χ0) is 20.9. The summed E-state index contributed by atoms with van der Waals surface area (Å²) in [7, 11) is 0. The summed E-state index contributed by atoms with van der Waals surface area (Å²) in [4.78, 5) is 26.0. The van der Waals surface area contributed by atoms with Crippen LogP contribution in [-0.4, -0.2) is 17.5 Å². The Morgan fingerprint density at radius 1 is 1.07 bits per heavy atom. The van der Waals surface area contributed by atoms with Crippen molar-refractivity contribution in [3.8, 4) is 0 Å². The lowest BCUT2D eigenvalue weighted by molar-refractivity contribution is -0.140. The lowest BCUT2D eigenvalue weighted by atomic mass is 9.91. The topological polar surface area (TPSA) is 49.4 Å². The third kappa shape index (κ3) is 3.79. The molecule has 2 aromatic rings. The second-order valence-electron chi connectivity index (χ2n) is 6.52. The minimum atomic E-state index is -4.88. The highest BCUT2D eigenvalue weighted by molar-refractivity contribution is 6.35. The van der Waals surface area contributed by atoms with Crippen LogP contribution in [0.2, 0.25) is 10.0 Å². The molecule has 3 rings (SSSR count). The van der Waals surface area contributed by atoms with E-state index in [1.54, 1.807) is 0 Å². The number of hydrogen-bond donors (Lipinski definition) is 1. The van der Waals surface area contributed by atoms with Gasteiger partial charge in [-0.3, -0.25) is 4.79 Å². The molecule has 2 aromatic carbocycles. The van der Waals surface area contributed by atoms with Crippen LogP contribution in [0.5, 0.6) is 0 Å². The Labute approximate surface area is 167 Å². The average molecular weight is 435 g/mol. The predicted molar refractivity (Wildman–Crippen MR) is 96.0 cm³/mol. The van der Waals surface area contributed by atoms with Gasteiger partial charge in [-0.1, -0.05) is 29.3 Å². The molecular formula is C18H12Cl2F4N2O2. The van der Waals surface area contributed by atoms with E-state index in [4.69, 9.17) is 23.2 Å². The number of imide groups is 1. The maximum Gasteiger partial charge on any atom is 0.419 e. The molecule has 1 unspecified atom stereocenters. The molecule has 10 heteroatoms. The smallest absolute Gasteiger partial charge is 0.323 e. The van der Waals surface area contributed by atoms with Gasteiger partial charge >= 0.3 is 12.2 Å². The van der Waals surface area contributed by atoms with Crippen LogP contribution in [0.1, 0.15) is 18.1 Å². The summed E-state index contributed by atoms with van der Waals surface area (Å²) in [5.74, 6) is -2.12. The van der Waals surface area contributed by atoms with E-state index in [0.29, 0.717) is 12.1 Å². The largest absolute Gasteiger partial charge is 0.419 e. The van der Waals surface area contributed by atoms with Crippen LogP contribution in [0.15, 0.2) is 36.4 Å². The van der Waals surface area contributed by atoms with Crippen molar-refractivity contribution in [1.29, 1.82) is 0 Å². The average Bonchev–Trinajstić information content (AvgIpc) is 2.76. The van der Waals surface area contributed by atoms with E-state index in [9.17, 15) is 27.2 Å². The number of alkyl halides is 3. The predicted octanol–water partition coefficient (Wildman–Crippen LogP) is 5.21. The van der Waals surface area contributed by atoms with Gasteiger partial charge in [0.1, 0.15) is 11.4 Å². The van der Waals surface area contributed by atoms with Crippen molar-refractivity contribution in [2.75, 3.05) is 4.90 Å². The van der Waals surface area contributed by atoms with E-state index in [1.807, 2.05) is 0 Å². The fourth-order valence-electron chi connectivity index (χ4n) is 3.01. The van der Waals surface area contributed by atoms with Crippen molar-refractivity contribution >= 4 is 40.8 Å². The molecule has 0 aliphatic carbocycles. The summed E-state index contributed by atoms with van der Waals surface area (Å²) in [6.45, 7) is 1.37. The second-order valence-corrected chi connectivity index (χ2v) is 7.39. The third-order valence-electron chi connectivity index (χ3n) is 4.26. The van der Waals surface area contributed by atoms with Crippen LogP contribution >= 0.6 is 23.2 Å². The Balaban J connectivity index is 1.93. The van der Waals surface area contributed by atoms with E-state index < -0.39 is 35.0 Å². The molecule has 1 N–H and O–H groups in total. The van der Waals surface area contributed by atoms with Gasteiger partial charge in [-0.05, 0) is 42.8 Å². The SMILES string of the molecule is CC1(Cc2ccc(F)c(C(F)(F)F)c2)NC(=O)N(c2cc(Cl)cc(Cl)c2)C1=O. The van der Waals surface area contributed by atoms with Gasteiger partial charge in [0.15, 0.2) is 0 Å². The first-order chi connectivity index (χ1) is 12.9. The van der Waals surface area contributed by atoms with E-state index in [0.717, 1.165) is 11.0 Å². The summed E-state index contributed by atoms with van der Waals surface area (Å²) in [5.41, 5.74) is -2.81. The number of carbonyl (C=O) groups excluding carboxylic acids is 2. The number of urea groups is 1. The molecule has 0 aromatic heterocycles. The highest BCUT2D eigenvalue weighted by Crippen LogP contribution is 2.34. The highest BCUT2D eigenvalue weighted by atomic mass is 35.5. The molecule has 4 nitrogen and oxygen atoms in total. The quantitative estimate of drug-likeness (QED) is 0.532. The minimum absolute atomic E-state index is 0.0378. The van der Waals surface area contributed by atoms with Gasteiger partial charge in [-0.25, -0.2) is 14.1 Å². The Kier molecular flexibility index (Phi) is 5.05. The molecule has 1 saturated heterocycles. The summed E-state index contributed by atoms with van der Waals surface area (Å²) in [6, 6.07) is 5.79. The first kappa shape index (κ1) is 20.4. The minimum Gasteiger partial charge on any atom is -0.323 e. The number of nitrogens with zero attached hydrogens (tertiary/aromatic N) is 1. The molecule has 1 heterocycles. The molecule has 0 spiro atoms. The molecule has 28 heavy (non-hydrogen) atoms. The lowest BCUT2D eigenvalue weighted by Crippen LogP contribution is -2.46. The molecule has 1 aliphatic heterocycles. The van der Waals surface area contributed by atoms with Gasteiger partial charge in [0.05, 0.1) is 11.3 Å². The van der Waals surface area contributed by atoms with Crippen molar-refractivity contribution in [3.05, 3.63) is 63.4 Å². The summed E-state index contributed by atoms with van der Waals surface area (Å²) < 4.78 is 52.3. The van der Waals surface area contributed by atoms with E-state index in [2.05, 4.69) is 5.32 Å². The van der Waals surface area contributed by atoms with Crippen LogP contribution < -0.4 is 10.2 Å². The van der Waals surface area contributed by atoms with Crippen LogP contribution in [-0.2, 0) is 17.4 Å². The van der Waals surface area contributed by atoms with Crippen LogP contribution in [0, 0.1) is 5.82 Å². The van der Waals surface area contributed by atoms with Crippen LogP contribution in [0.25, 0.3) is 0 Å². The molecular weight excluding hydrogens is 423 g/mol. The fourth-order valence-corrected chi connectivity index (χ4v) is 3.53. The van der Waals surface area contributed by atoms with E-state index >= 15 is 0 Å². The molecule has 0 saturated carbocycles. The van der Waals surface area contributed by atoms with Crippen molar-refractivity contribution in [2.24, 2.45) is 0 Å². The Bertz CT molecular complexity index is 960. The number of halogens is 6. The normalized spacial score (nSPS) is 19.9.